The highest BCUT2D eigenvalue weighted by molar-refractivity contribution is 7.89. The summed E-state index contributed by atoms with van der Waals surface area (Å²) in [6.45, 7) is 5.10. The number of sulfonamides is 1. The lowest BCUT2D eigenvalue weighted by molar-refractivity contribution is -0.119. The molecule has 2 rings (SSSR count). The predicted molar refractivity (Wildman–Crippen MR) is 114 cm³/mol. The van der Waals surface area contributed by atoms with Crippen LogP contribution in [-0.4, -0.2) is 49.3 Å². The van der Waals surface area contributed by atoms with Gasteiger partial charge < -0.3 is 10.1 Å². The van der Waals surface area contributed by atoms with Crippen LogP contribution in [0.5, 0.6) is 0 Å². The number of esters is 1. The van der Waals surface area contributed by atoms with Crippen LogP contribution < -0.4 is 5.32 Å². The maximum atomic E-state index is 12.8. The Morgan fingerprint density at radius 2 is 1.83 bits per heavy atom. The van der Waals surface area contributed by atoms with Gasteiger partial charge in [-0.25, -0.2) is 18.2 Å². The summed E-state index contributed by atoms with van der Waals surface area (Å²) in [7, 11) is -3.76. The molecule has 1 amide bonds. The SMILES string of the molecule is CCN(CC)S(=O)(=O)c1cc(C(=O)OCC(=O)Nc2ncc(Cl)cc2Cl)ccc1C. The fourth-order valence-corrected chi connectivity index (χ4v) is 4.73. The van der Waals surface area contributed by atoms with Gasteiger partial charge in [-0.15, -0.1) is 0 Å². The van der Waals surface area contributed by atoms with E-state index in [9.17, 15) is 18.0 Å². The molecule has 1 aromatic heterocycles. The Morgan fingerprint density at radius 3 is 2.43 bits per heavy atom. The molecule has 0 unspecified atom stereocenters. The van der Waals surface area contributed by atoms with Crippen LogP contribution in [0.3, 0.4) is 0 Å². The zero-order valence-corrected chi connectivity index (χ0v) is 18.9. The molecule has 1 aromatic carbocycles. The number of hydrogen-bond donors (Lipinski definition) is 1. The lowest BCUT2D eigenvalue weighted by Gasteiger charge is -2.20. The van der Waals surface area contributed by atoms with Crippen molar-refractivity contribution in [2.45, 2.75) is 25.7 Å². The fraction of sp³-hybridized carbons (Fsp3) is 0.316. The van der Waals surface area contributed by atoms with Gasteiger partial charge in [-0.05, 0) is 30.7 Å². The first-order chi connectivity index (χ1) is 14.1. The van der Waals surface area contributed by atoms with Gasteiger partial charge >= 0.3 is 5.97 Å². The molecule has 162 valence electrons. The lowest BCUT2D eigenvalue weighted by Crippen LogP contribution is -2.31. The molecule has 0 aliphatic rings. The van der Waals surface area contributed by atoms with E-state index in [4.69, 9.17) is 27.9 Å². The van der Waals surface area contributed by atoms with Gasteiger partial charge in [-0.3, -0.25) is 4.79 Å². The molecule has 0 atom stereocenters. The quantitative estimate of drug-likeness (QED) is 0.587. The molecule has 8 nitrogen and oxygen atoms in total. The van der Waals surface area contributed by atoms with E-state index < -0.39 is 28.5 Å². The topological polar surface area (TPSA) is 106 Å². The normalized spacial score (nSPS) is 11.4. The number of benzene rings is 1. The van der Waals surface area contributed by atoms with E-state index >= 15 is 0 Å². The molecule has 0 spiro atoms. The molecular weight excluding hydrogens is 453 g/mol. The molecule has 0 fully saturated rings. The number of halogens is 2. The summed E-state index contributed by atoms with van der Waals surface area (Å²) in [6.07, 6.45) is 1.30. The standard InChI is InChI=1S/C19H21Cl2N3O5S/c1-4-24(5-2)30(27,28)16-8-13(7-6-12(16)3)19(26)29-11-17(25)23-18-15(21)9-14(20)10-22-18/h6-10H,4-5,11H2,1-3H3,(H,22,23,25). The van der Waals surface area contributed by atoms with Crippen molar-refractivity contribution in [2.75, 3.05) is 25.0 Å². The monoisotopic (exact) mass is 473 g/mol. The van der Waals surface area contributed by atoms with Crippen LogP contribution in [0.2, 0.25) is 10.0 Å². The highest BCUT2D eigenvalue weighted by atomic mass is 35.5. The number of carbonyl (C=O) groups excluding carboxylic acids is 2. The maximum Gasteiger partial charge on any atom is 0.338 e. The third-order valence-electron chi connectivity index (χ3n) is 4.15. The molecule has 0 aliphatic heterocycles. The summed E-state index contributed by atoms with van der Waals surface area (Å²) in [5.41, 5.74) is 0.515. The number of rotatable bonds is 8. The van der Waals surface area contributed by atoms with Gasteiger partial charge in [0.1, 0.15) is 0 Å². The van der Waals surface area contributed by atoms with E-state index in [0.717, 1.165) is 0 Å². The van der Waals surface area contributed by atoms with Crippen molar-refractivity contribution >= 4 is 50.9 Å². The molecule has 1 N–H and O–H groups in total. The van der Waals surface area contributed by atoms with Gasteiger partial charge in [0, 0.05) is 19.3 Å². The molecule has 0 saturated heterocycles. The van der Waals surface area contributed by atoms with Crippen LogP contribution in [0.4, 0.5) is 5.82 Å². The zero-order valence-electron chi connectivity index (χ0n) is 16.6. The highest BCUT2D eigenvalue weighted by Crippen LogP contribution is 2.23. The number of aromatic nitrogens is 1. The molecule has 0 radical (unpaired) electrons. The summed E-state index contributed by atoms with van der Waals surface area (Å²) in [6, 6.07) is 5.61. The van der Waals surface area contributed by atoms with Gasteiger partial charge in [0.25, 0.3) is 5.91 Å². The third-order valence-corrected chi connectivity index (χ3v) is 6.83. The van der Waals surface area contributed by atoms with E-state index in [-0.39, 0.29) is 21.3 Å². The van der Waals surface area contributed by atoms with Gasteiger partial charge in [0.05, 0.1) is 20.5 Å². The number of aryl methyl sites for hydroxylation is 1. The smallest absolute Gasteiger partial charge is 0.338 e. The van der Waals surface area contributed by atoms with E-state index in [2.05, 4.69) is 10.3 Å². The Morgan fingerprint density at radius 1 is 1.17 bits per heavy atom. The molecule has 11 heteroatoms. The molecule has 0 bridgehead atoms. The van der Waals surface area contributed by atoms with Crippen LogP contribution >= 0.6 is 23.2 Å². The van der Waals surface area contributed by atoms with Crippen LogP contribution in [-0.2, 0) is 19.6 Å². The van der Waals surface area contributed by atoms with Crippen molar-refractivity contribution in [3.8, 4) is 0 Å². The number of nitrogens with zero attached hydrogens (tertiary/aromatic N) is 2. The number of amides is 1. The molecule has 0 saturated carbocycles. The highest BCUT2D eigenvalue weighted by Gasteiger charge is 2.25. The van der Waals surface area contributed by atoms with Gasteiger partial charge in [-0.2, -0.15) is 4.31 Å². The van der Waals surface area contributed by atoms with Crippen molar-refractivity contribution in [2.24, 2.45) is 0 Å². The van der Waals surface area contributed by atoms with Crippen LogP contribution in [0.25, 0.3) is 0 Å². The Hall–Kier alpha value is -2.20. The first kappa shape index (κ1) is 24.1. The number of ether oxygens (including phenoxy) is 1. The van der Waals surface area contributed by atoms with Crippen LogP contribution in [0, 0.1) is 6.92 Å². The number of anilines is 1. The third kappa shape index (κ3) is 5.69. The van der Waals surface area contributed by atoms with E-state index in [1.807, 2.05) is 0 Å². The van der Waals surface area contributed by atoms with E-state index in [1.54, 1.807) is 20.8 Å². The van der Waals surface area contributed by atoms with E-state index in [1.165, 1.54) is 34.8 Å². The largest absolute Gasteiger partial charge is 0.452 e. The Balaban J connectivity index is 2.11. The Labute approximate surface area is 185 Å². The minimum atomic E-state index is -3.76. The minimum Gasteiger partial charge on any atom is -0.452 e. The summed E-state index contributed by atoms with van der Waals surface area (Å²) in [4.78, 5) is 28.2. The van der Waals surface area contributed by atoms with Gasteiger partial charge in [-0.1, -0.05) is 43.1 Å². The Kier molecular flexibility index (Phi) is 8.19. The molecule has 1 heterocycles. The van der Waals surface area contributed by atoms with Crippen molar-refractivity contribution in [1.29, 1.82) is 0 Å². The van der Waals surface area contributed by atoms with Crippen molar-refractivity contribution in [1.82, 2.24) is 9.29 Å². The van der Waals surface area contributed by atoms with Crippen molar-refractivity contribution in [3.63, 3.8) is 0 Å². The maximum absolute atomic E-state index is 12.8. The average Bonchev–Trinajstić information content (AvgIpc) is 2.69. The molecule has 2 aromatic rings. The second-order valence-corrected chi connectivity index (χ2v) is 8.93. The Bertz CT molecular complexity index is 1060. The summed E-state index contributed by atoms with van der Waals surface area (Å²) in [5, 5.41) is 2.84. The second-order valence-electron chi connectivity index (χ2n) is 6.18. The minimum absolute atomic E-state index is 0.0155. The zero-order chi connectivity index (χ0) is 22.5. The second kappa shape index (κ2) is 10.2. The fourth-order valence-electron chi connectivity index (χ4n) is 2.60. The van der Waals surface area contributed by atoms with E-state index in [0.29, 0.717) is 23.7 Å². The van der Waals surface area contributed by atoms with Crippen molar-refractivity contribution < 1.29 is 22.7 Å². The number of carbonyl (C=O) groups is 2. The lowest BCUT2D eigenvalue weighted by atomic mass is 10.1. The van der Waals surface area contributed by atoms with Crippen LogP contribution in [0.1, 0.15) is 29.8 Å². The molecule has 0 aliphatic carbocycles. The van der Waals surface area contributed by atoms with Crippen LogP contribution in [0.15, 0.2) is 35.4 Å². The van der Waals surface area contributed by atoms with Crippen molar-refractivity contribution in [3.05, 3.63) is 51.6 Å². The van der Waals surface area contributed by atoms with Gasteiger partial charge in [0.15, 0.2) is 12.4 Å². The average molecular weight is 474 g/mol. The first-order valence-corrected chi connectivity index (χ1v) is 11.2. The summed E-state index contributed by atoms with van der Waals surface area (Å²) < 4.78 is 31.9. The molecule has 30 heavy (non-hydrogen) atoms. The molecular formula is C19H21Cl2N3O5S. The number of hydrogen-bond acceptors (Lipinski definition) is 6. The van der Waals surface area contributed by atoms with Gasteiger partial charge in [0.2, 0.25) is 10.0 Å². The summed E-state index contributed by atoms with van der Waals surface area (Å²) >= 11 is 11.7. The predicted octanol–water partition coefficient (Wildman–Crippen LogP) is 3.52. The first-order valence-electron chi connectivity index (χ1n) is 8.99. The number of nitrogens with one attached hydrogen (secondary N) is 1. The number of pyridine rings is 1. The summed E-state index contributed by atoms with van der Waals surface area (Å²) in [5.74, 6) is -1.43.